The average Bonchev–Trinajstić information content (AvgIpc) is 2.90. The van der Waals surface area contributed by atoms with Gasteiger partial charge in [-0.2, -0.15) is 0 Å². The van der Waals surface area contributed by atoms with Crippen LogP contribution in [0, 0.1) is 18.8 Å². The molecule has 0 aliphatic rings. The highest BCUT2D eigenvalue weighted by atomic mass is 32.1. The molecule has 0 unspecified atom stereocenters. The van der Waals surface area contributed by atoms with Crippen LogP contribution in [-0.2, 0) is 0 Å². The van der Waals surface area contributed by atoms with Gasteiger partial charge in [0.15, 0.2) is 5.13 Å². The number of hydrogen-bond acceptors (Lipinski definition) is 6. The molecule has 0 aromatic carbocycles. The minimum absolute atomic E-state index is 0.172. The van der Waals surface area contributed by atoms with Crippen LogP contribution in [0.25, 0.3) is 0 Å². The Hall–Kier alpha value is -2.63. The summed E-state index contributed by atoms with van der Waals surface area (Å²) >= 11 is 1.28. The maximum absolute atomic E-state index is 11.7. The number of amides is 2. The molecule has 0 radical (unpaired) electrons. The third-order valence-corrected chi connectivity index (χ3v) is 3.83. The van der Waals surface area contributed by atoms with Crippen molar-refractivity contribution in [3.05, 3.63) is 34.6 Å². The van der Waals surface area contributed by atoms with Gasteiger partial charge in [-0.1, -0.05) is 17.3 Å². The van der Waals surface area contributed by atoms with E-state index in [1.54, 1.807) is 32.5 Å². The predicted octanol–water partition coefficient (Wildman–Crippen LogP) is 1.76. The van der Waals surface area contributed by atoms with Crippen LogP contribution in [0.5, 0.6) is 5.75 Å². The monoisotopic (exact) mass is 346 g/mol. The molecule has 8 heteroatoms. The molecular formula is C16H18N4O3S. The molecule has 2 aromatic rings. The Bertz CT molecular complexity index is 777. The molecule has 0 spiro atoms. The van der Waals surface area contributed by atoms with Crippen LogP contribution in [0.1, 0.15) is 23.1 Å². The zero-order valence-corrected chi connectivity index (χ0v) is 14.4. The lowest BCUT2D eigenvalue weighted by Gasteiger charge is -2.06. The summed E-state index contributed by atoms with van der Waals surface area (Å²) in [6, 6.07) is 1.38. The number of carbonyl (C=O) groups excluding carboxylic acids is 1. The van der Waals surface area contributed by atoms with Crippen molar-refractivity contribution in [3.63, 3.8) is 0 Å². The van der Waals surface area contributed by atoms with E-state index in [-0.39, 0.29) is 6.54 Å². The number of hydrogen-bond donors (Lipinski definition) is 3. The van der Waals surface area contributed by atoms with E-state index in [1.807, 2.05) is 6.92 Å². The molecule has 0 fully saturated rings. The van der Waals surface area contributed by atoms with Crippen molar-refractivity contribution in [2.24, 2.45) is 0 Å². The first-order valence-electron chi connectivity index (χ1n) is 7.19. The number of nitrogens with one attached hydrogen (secondary N) is 2. The fourth-order valence-corrected chi connectivity index (χ4v) is 2.49. The third-order valence-electron chi connectivity index (χ3n) is 2.84. The second-order valence-electron chi connectivity index (χ2n) is 4.98. The second-order valence-corrected chi connectivity index (χ2v) is 5.98. The number of thiazole rings is 1. The van der Waals surface area contributed by atoms with Crippen LogP contribution in [0.4, 0.5) is 9.93 Å². The number of rotatable bonds is 4. The molecule has 2 rings (SSSR count). The fraction of sp³-hybridized carbons (Fsp3) is 0.312. The van der Waals surface area contributed by atoms with E-state index in [0.29, 0.717) is 10.9 Å². The Morgan fingerprint density at radius 1 is 1.46 bits per heavy atom. The van der Waals surface area contributed by atoms with Gasteiger partial charge in [-0.25, -0.2) is 9.78 Å². The van der Waals surface area contributed by atoms with Crippen LogP contribution in [0.2, 0.25) is 0 Å². The first kappa shape index (κ1) is 17.7. The highest BCUT2D eigenvalue weighted by Crippen LogP contribution is 2.21. The average molecular weight is 346 g/mol. The van der Waals surface area contributed by atoms with E-state index >= 15 is 0 Å². The van der Waals surface area contributed by atoms with Crippen molar-refractivity contribution < 1.29 is 14.6 Å². The number of pyridine rings is 1. The molecule has 2 heterocycles. The number of carbonyl (C=O) groups is 1. The summed E-state index contributed by atoms with van der Waals surface area (Å²) in [4.78, 5) is 20.7. The Balaban J connectivity index is 2.06. The van der Waals surface area contributed by atoms with E-state index in [0.717, 1.165) is 16.1 Å². The molecule has 2 aromatic heterocycles. The van der Waals surface area contributed by atoms with Gasteiger partial charge in [-0.05, 0) is 25.8 Å². The number of aromatic nitrogens is 2. The number of nitrogens with zero attached hydrogens (tertiary/aromatic N) is 2. The third kappa shape index (κ3) is 5.22. The first-order valence-corrected chi connectivity index (χ1v) is 8.01. The largest absolute Gasteiger partial charge is 0.495 e. The quantitative estimate of drug-likeness (QED) is 0.733. The summed E-state index contributed by atoms with van der Waals surface area (Å²) in [7, 11) is 1.57. The Morgan fingerprint density at radius 2 is 2.25 bits per heavy atom. The van der Waals surface area contributed by atoms with Crippen molar-refractivity contribution in [3.8, 4) is 17.6 Å². The Morgan fingerprint density at radius 3 is 2.96 bits per heavy atom. The predicted molar refractivity (Wildman–Crippen MR) is 92.3 cm³/mol. The molecule has 3 N–H and O–H groups in total. The van der Waals surface area contributed by atoms with Crippen molar-refractivity contribution in [2.45, 2.75) is 20.0 Å². The molecule has 0 saturated carbocycles. The van der Waals surface area contributed by atoms with E-state index in [1.165, 1.54) is 11.3 Å². The van der Waals surface area contributed by atoms with Gasteiger partial charge >= 0.3 is 6.03 Å². The molecule has 0 saturated heterocycles. The Kier molecular flexibility index (Phi) is 6.12. The molecule has 1 atom stereocenters. The van der Waals surface area contributed by atoms with E-state index in [9.17, 15) is 4.79 Å². The molecule has 0 bridgehead atoms. The summed E-state index contributed by atoms with van der Waals surface area (Å²) in [5, 5.41) is 14.8. The highest BCUT2D eigenvalue weighted by molar-refractivity contribution is 7.16. The number of aliphatic hydroxyl groups is 1. The minimum Gasteiger partial charge on any atom is -0.495 e. The second kappa shape index (κ2) is 8.29. The van der Waals surface area contributed by atoms with Crippen molar-refractivity contribution in [1.82, 2.24) is 15.3 Å². The lowest BCUT2D eigenvalue weighted by Crippen LogP contribution is -2.34. The van der Waals surface area contributed by atoms with E-state index in [4.69, 9.17) is 9.84 Å². The first-order chi connectivity index (χ1) is 11.5. The van der Waals surface area contributed by atoms with E-state index in [2.05, 4.69) is 32.4 Å². The van der Waals surface area contributed by atoms with Gasteiger partial charge in [0.05, 0.1) is 25.1 Å². The molecule has 126 valence electrons. The smallest absolute Gasteiger partial charge is 0.321 e. The molecular weight excluding hydrogens is 328 g/mol. The summed E-state index contributed by atoms with van der Waals surface area (Å²) in [5.74, 6) is 6.66. The summed E-state index contributed by atoms with van der Waals surface area (Å²) in [6.07, 6.45) is 2.65. The minimum atomic E-state index is -0.605. The maximum Gasteiger partial charge on any atom is 0.321 e. The Labute approximate surface area is 144 Å². The van der Waals surface area contributed by atoms with Gasteiger partial charge in [0.25, 0.3) is 0 Å². The SMILES string of the molecule is COc1cncc(C#Cc2sc(NC(=O)NC[C@H](C)O)nc2C)c1. The van der Waals surface area contributed by atoms with Gasteiger partial charge in [-0.3, -0.25) is 10.3 Å². The summed E-state index contributed by atoms with van der Waals surface area (Å²) in [6.45, 7) is 3.59. The van der Waals surface area contributed by atoms with Crippen LogP contribution in [0.3, 0.4) is 0 Å². The van der Waals surface area contributed by atoms with Gasteiger partial charge in [-0.15, -0.1) is 0 Å². The van der Waals surface area contributed by atoms with Crippen LogP contribution in [0.15, 0.2) is 18.5 Å². The summed E-state index contributed by atoms with van der Waals surface area (Å²) < 4.78 is 5.11. The number of ether oxygens (including phenoxy) is 1. The molecule has 24 heavy (non-hydrogen) atoms. The lowest BCUT2D eigenvalue weighted by atomic mass is 10.2. The number of urea groups is 1. The van der Waals surface area contributed by atoms with Crippen molar-refractivity contribution in [2.75, 3.05) is 19.0 Å². The fourth-order valence-electron chi connectivity index (χ4n) is 1.68. The number of aliphatic hydroxyl groups excluding tert-OH is 1. The number of methoxy groups -OCH3 is 1. The molecule has 7 nitrogen and oxygen atoms in total. The number of anilines is 1. The topological polar surface area (TPSA) is 96.4 Å². The van der Waals surface area contributed by atoms with Gasteiger partial charge < -0.3 is 15.2 Å². The van der Waals surface area contributed by atoms with E-state index < -0.39 is 12.1 Å². The lowest BCUT2D eigenvalue weighted by molar-refractivity contribution is 0.190. The normalized spacial score (nSPS) is 11.2. The highest BCUT2D eigenvalue weighted by Gasteiger charge is 2.09. The van der Waals surface area contributed by atoms with Crippen LogP contribution >= 0.6 is 11.3 Å². The molecule has 0 aliphatic carbocycles. The number of aryl methyl sites for hydroxylation is 1. The zero-order chi connectivity index (χ0) is 17.5. The van der Waals surface area contributed by atoms with Crippen LogP contribution in [-0.4, -0.2) is 40.9 Å². The van der Waals surface area contributed by atoms with Gasteiger partial charge in [0, 0.05) is 18.3 Å². The summed E-state index contributed by atoms with van der Waals surface area (Å²) in [5.41, 5.74) is 1.46. The van der Waals surface area contributed by atoms with Gasteiger partial charge in [0.1, 0.15) is 10.6 Å². The van der Waals surface area contributed by atoms with Crippen LogP contribution < -0.4 is 15.4 Å². The van der Waals surface area contributed by atoms with Crippen molar-refractivity contribution >= 4 is 22.5 Å². The zero-order valence-electron chi connectivity index (χ0n) is 13.6. The molecule has 2 amide bonds. The van der Waals surface area contributed by atoms with Gasteiger partial charge in [0.2, 0.25) is 0 Å². The maximum atomic E-state index is 11.7. The molecule has 0 aliphatic heterocycles. The van der Waals surface area contributed by atoms with Crippen molar-refractivity contribution in [1.29, 1.82) is 0 Å². The standard InChI is InChI=1S/C16H18N4O3S/c1-10(21)7-18-15(22)20-16-19-11(2)14(24-16)5-4-12-6-13(23-3)9-17-8-12/h6,8-10,21H,7H2,1-3H3,(H2,18,19,20,22)/t10-/m0/s1.